The number of quaternary nitrogens is 1. The van der Waals surface area contributed by atoms with Crippen LogP contribution in [0.4, 0.5) is 0 Å². The molecule has 0 aliphatic heterocycles. The molecule has 0 rings (SSSR count). The molecule has 0 aromatic rings. The lowest BCUT2D eigenvalue weighted by atomic mass is 10.1. The van der Waals surface area contributed by atoms with Gasteiger partial charge in [0, 0.05) is 0 Å². The second kappa shape index (κ2) is 13.9. The minimum Gasteiger partial charge on any atom is -0.390 e. The SMILES string of the molecule is CCCCCCCCCC(=[O+])O[N+](CCO)(CCO)CCO. The summed E-state index contributed by atoms with van der Waals surface area (Å²) in [5.41, 5.74) is 0. The molecule has 0 fully saturated rings. The van der Waals surface area contributed by atoms with Crippen LogP contribution in [0, 0.1) is 0 Å². The number of hydrogen-bond donors (Lipinski definition) is 3. The minimum absolute atomic E-state index is 0.162. The molecule has 0 aliphatic rings. The summed E-state index contributed by atoms with van der Waals surface area (Å²) in [5.74, 6) is -0.330. The maximum atomic E-state index is 11.9. The van der Waals surface area contributed by atoms with E-state index in [1.807, 2.05) is 0 Å². The van der Waals surface area contributed by atoms with Gasteiger partial charge in [-0.05, 0) is 11.1 Å². The van der Waals surface area contributed by atoms with E-state index in [1.54, 1.807) is 0 Å². The number of hydroxylamine groups is 3. The van der Waals surface area contributed by atoms with Gasteiger partial charge < -0.3 is 15.3 Å². The first-order chi connectivity index (χ1) is 10.6. The highest BCUT2D eigenvalue weighted by molar-refractivity contribution is 5.68. The predicted molar refractivity (Wildman–Crippen MR) is 84.8 cm³/mol. The first-order valence-corrected chi connectivity index (χ1v) is 8.55. The number of hydrogen-bond acceptors (Lipinski definition) is 5. The summed E-state index contributed by atoms with van der Waals surface area (Å²) in [6.45, 7) is 2.25. The zero-order chi connectivity index (χ0) is 16.7. The Morgan fingerprint density at radius 1 is 0.818 bits per heavy atom. The molecule has 0 aliphatic carbocycles. The van der Waals surface area contributed by atoms with Crippen LogP contribution in [0.15, 0.2) is 0 Å². The van der Waals surface area contributed by atoms with E-state index in [-0.39, 0.29) is 50.1 Å². The highest BCUT2D eigenvalue weighted by Gasteiger charge is 2.40. The fraction of sp³-hybridized carbons (Fsp3) is 0.938. The average Bonchev–Trinajstić information content (AvgIpc) is 2.47. The van der Waals surface area contributed by atoms with E-state index in [0.29, 0.717) is 6.42 Å². The predicted octanol–water partition coefficient (Wildman–Crippen LogP) is 1.38. The number of aliphatic hydroxyl groups is 3. The molecule has 0 aromatic heterocycles. The molecular formula is C16H34NO5+2. The van der Waals surface area contributed by atoms with Crippen molar-refractivity contribution in [1.29, 1.82) is 0 Å². The summed E-state index contributed by atoms with van der Waals surface area (Å²) < 4.78 is -0.209. The van der Waals surface area contributed by atoms with Crippen molar-refractivity contribution >= 4 is 5.97 Å². The molecule has 0 heterocycles. The Labute approximate surface area is 134 Å². The molecule has 0 bridgehead atoms. The lowest BCUT2D eigenvalue weighted by Gasteiger charge is -2.25. The summed E-state index contributed by atoms with van der Waals surface area (Å²) >= 11 is 0. The zero-order valence-corrected chi connectivity index (χ0v) is 14.0. The van der Waals surface area contributed by atoms with E-state index in [4.69, 9.17) is 20.2 Å². The van der Waals surface area contributed by atoms with E-state index in [9.17, 15) is 4.79 Å². The van der Waals surface area contributed by atoms with Crippen LogP contribution in [-0.2, 0) is 9.63 Å². The van der Waals surface area contributed by atoms with Gasteiger partial charge in [-0.2, -0.15) is 0 Å². The first kappa shape index (κ1) is 21.3. The summed E-state index contributed by atoms with van der Waals surface area (Å²) in [4.78, 5) is 17.4. The minimum atomic E-state index is -0.330. The normalized spacial score (nSPS) is 11.6. The van der Waals surface area contributed by atoms with Gasteiger partial charge in [-0.1, -0.05) is 50.3 Å². The first-order valence-electron chi connectivity index (χ1n) is 8.55. The lowest BCUT2D eigenvalue weighted by molar-refractivity contribution is -1.09. The summed E-state index contributed by atoms with van der Waals surface area (Å²) in [7, 11) is 0. The molecule has 0 atom stereocenters. The smallest absolute Gasteiger partial charge is 0.390 e. The van der Waals surface area contributed by atoms with Gasteiger partial charge in [0.2, 0.25) is 0 Å². The standard InChI is InChI=1S/C16H34NO5/c1-2-3-4-5-6-7-8-9-16(21)22-17(10-13-18,11-14-19)12-15-20/h18-20H,2-15H2,1H3/q+2. The average molecular weight is 320 g/mol. The molecule has 0 aromatic carbocycles. The third-order valence-electron chi connectivity index (χ3n) is 3.80. The molecule has 6 nitrogen and oxygen atoms in total. The molecule has 0 amide bonds. The topological polar surface area (TPSA) is 89.8 Å². The number of nitrogens with zero attached hydrogens (tertiary/aromatic N) is 1. The largest absolute Gasteiger partial charge is 0.638 e. The maximum Gasteiger partial charge on any atom is 0.638 e. The van der Waals surface area contributed by atoms with Gasteiger partial charge in [0.15, 0.2) is 19.6 Å². The Morgan fingerprint density at radius 3 is 1.73 bits per heavy atom. The molecule has 3 N–H and O–H groups in total. The van der Waals surface area contributed by atoms with Crippen LogP contribution in [-0.4, -0.2) is 65.4 Å². The van der Waals surface area contributed by atoms with Crippen LogP contribution in [0.2, 0.25) is 0 Å². The number of carbonyl (C=O) groups excluding carboxylic acids is 1. The molecule has 0 unspecified atom stereocenters. The number of unbranched alkanes of at least 4 members (excludes halogenated alkanes) is 6. The quantitative estimate of drug-likeness (QED) is 0.184. The van der Waals surface area contributed by atoms with Crippen molar-refractivity contribution in [2.24, 2.45) is 0 Å². The molecule has 0 saturated heterocycles. The van der Waals surface area contributed by atoms with E-state index in [1.165, 1.54) is 25.7 Å². The molecule has 22 heavy (non-hydrogen) atoms. The van der Waals surface area contributed by atoms with Crippen LogP contribution < -0.4 is 0 Å². The lowest BCUT2D eigenvalue weighted by Crippen LogP contribution is -2.54. The van der Waals surface area contributed by atoms with Crippen molar-refractivity contribution in [1.82, 2.24) is 0 Å². The van der Waals surface area contributed by atoms with Crippen molar-refractivity contribution in [3.8, 4) is 0 Å². The highest BCUT2D eigenvalue weighted by atomic mass is 16.7. The van der Waals surface area contributed by atoms with Crippen molar-refractivity contribution in [2.75, 3.05) is 39.5 Å². The van der Waals surface area contributed by atoms with Crippen LogP contribution >= 0.6 is 0 Å². The van der Waals surface area contributed by atoms with Crippen LogP contribution in [0.5, 0.6) is 0 Å². The van der Waals surface area contributed by atoms with Gasteiger partial charge in [0.1, 0.15) is 6.42 Å². The van der Waals surface area contributed by atoms with Crippen LogP contribution in [0.3, 0.4) is 0 Å². The van der Waals surface area contributed by atoms with Crippen LogP contribution in [0.25, 0.3) is 0 Å². The Bertz CT molecular complexity index is 256. The van der Waals surface area contributed by atoms with E-state index >= 15 is 0 Å². The summed E-state index contributed by atoms with van der Waals surface area (Å²) in [6.07, 6.45) is 8.25. The van der Waals surface area contributed by atoms with Gasteiger partial charge in [-0.3, -0.25) is 0 Å². The second-order valence-corrected chi connectivity index (χ2v) is 5.73. The summed E-state index contributed by atoms with van der Waals surface area (Å²) in [6, 6.07) is 0. The second-order valence-electron chi connectivity index (χ2n) is 5.73. The monoisotopic (exact) mass is 320 g/mol. The number of aliphatic hydroxyl groups excluding tert-OH is 3. The van der Waals surface area contributed by atoms with E-state index in [2.05, 4.69) is 6.92 Å². The molecule has 0 saturated carbocycles. The van der Waals surface area contributed by atoms with Gasteiger partial charge in [-0.25, -0.2) is 0 Å². The van der Waals surface area contributed by atoms with Crippen molar-refractivity contribution in [2.45, 2.75) is 58.3 Å². The van der Waals surface area contributed by atoms with Crippen molar-refractivity contribution in [3.05, 3.63) is 0 Å². The van der Waals surface area contributed by atoms with Crippen molar-refractivity contribution in [3.63, 3.8) is 0 Å². The molecule has 131 valence electrons. The molecule has 6 heteroatoms. The third-order valence-corrected chi connectivity index (χ3v) is 3.80. The van der Waals surface area contributed by atoms with Gasteiger partial charge in [0.05, 0.1) is 24.6 Å². The molecular weight excluding hydrogens is 286 g/mol. The Morgan fingerprint density at radius 2 is 1.27 bits per heavy atom. The summed E-state index contributed by atoms with van der Waals surface area (Å²) in [5, 5.41) is 27.3. The Balaban J connectivity index is 4.06. The van der Waals surface area contributed by atoms with Crippen LogP contribution in [0.1, 0.15) is 58.3 Å². The Kier molecular flexibility index (Phi) is 13.5. The third kappa shape index (κ3) is 10.1. The highest BCUT2D eigenvalue weighted by Crippen LogP contribution is 2.12. The van der Waals surface area contributed by atoms with Crippen molar-refractivity contribution < 1.29 is 29.6 Å². The van der Waals surface area contributed by atoms with Gasteiger partial charge in [0.25, 0.3) is 0 Å². The van der Waals surface area contributed by atoms with E-state index in [0.717, 1.165) is 19.3 Å². The fourth-order valence-electron chi connectivity index (χ4n) is 2.51. The Hall–Kier alpha value is -0.690. The van der Waals surface area contributed by atoms with E-state index < -0.39 is 0 Å². The molecule has 0 spiro atoms. The molecule has 1 radical (unpaired) electrons. The van der Waals surface area contributed by atoms with Gasteiger partial charge >= 0.3 is 5.97 Å². The number of carbonyl (C=O) groups is 1. The van der Waals surface area contributed by atoms with Gasteiger partial charge in [-0.15, -0.1) is 0 Å². The maximum absolute atomic E-state index is 11.9. The zero-order valence-electron chi connectivity index (χ0n) is 14.0. The fourth-order valence-corrected chi connectivity index (χ4v) is 2.51. The number of rotatable bonds is 15.